The highest BCUT2D eigenvalue weighted by atomic mass is 32.2. The van der Waals surface area contributed by atoms with Gasteiger partial charge >= 0.3 is 5.97 Å². The summed E-state index contributed by atoms with van der Waals surface area (Å²) in [6, 6.07) is 4.74. The third-order valence-electron chi connectivity index (χ3n) is 2.67. The predicted molar refractivity (Wildman–Crippen MR) is 70.7 cm³/mol. The molecule has 0 saturated heterocycles. The van der Waals surface area contributed by atoms with Crippen LogP contribution in [0.15, 0.2) is 29.2 Å². The van der Waals surface area contributed by atoms with Gasteiger partial charge in [0.1, 0.15) is 0 Å². The Morgan fingerprint density at radius 3 is 2.52 bits per heavy atom. The van der Waals surface area contributed by atoms with Gasteiger partial charge in [-0.15, -0.1) is 10.2 Å². The molecule has 2 N–H and O–H groups in total. The van der Waals surface area contributed by atoms with E-state index in [1.807, 2.05) is 0 Å². The van der Waals surface area contributed by atoms with Gasteiger partial charge in [0.15, 0.2) is 5.82 Å². The zero-order valence-corrected chi connectivity index (χ0v) is 12.1. The Balaban J connectivity index is 2.18. The number of carbonyl (C=O) groups excluding carboxylic acids is 1. The minimum atomic E-state index is -3.76. The van der Waals surface area contributed by atoms with E-state index in [1.165, 1.54) is 31.4 Å². The van der Waals surface area contributed by atoms with Gasteiger partial charge in [0.2, 0.25) is 10.0 Å². The number of rotatable bonds is 5. The van der Waals surface area contributed by atoms with Gasteiger partial charge in [-0.2, -0.15) is 5.21 Å². The first kappa shape index (κ1) is 15.1. The number of benzene rings is 1. The molecule has 0 radical (unpaired) electrons. The van der Waals surface area contributed by atoms with E-state index in [4.69, 9.17) is 0 Å². The molecule has 0 fully saturated rings. The summed E-state index contributed by atoms with van der Waals surface area (Å²) in [5.41, 5.74) is 0.266. The summed E-state index contributed by atoms with van der Waals surface area (Å²) in [4.78, 5) is 11.3. The summed E-state index contributed by atoms with van der Waals surface area (Å²) in [6.07, 6.45) is 0. The molecule has 1 heterocycles. The van der Waals surface area contributed by atoms with Crippen LogP contribution in [0, 0.1) is 0 Å². The number of ether oxygens (including phenoxy) is 1. The monoisotopic (exact) mass is 311 g/mol. The van der Waals surface area contributed by atoms with Crippen LogP contribution < -0.4 is 4.72 Å². The average Bonchev–Trinajstić information content (AvgIpc) is 3.00. The predicted octanol–water partition coefficient (Wildman–Crippen LogP) is 0.0258. The first-order chi connectivity index (χ1) is 9.94. The van der Waals surface area contributed by atoms with Crippen LogP contribution in [0.1, 0.15) is 29.1 Å². The number of nitrogens with zero attached hydrogens (tertiary/aromatic N) is 3. The third-order valence-corrected chi connectivity index (χ3v) is 4.22. The van der Waals surface area contributed by atoms with Crippen molar-refractivity contribution in [3.63, 3.8) is 0 Å². The number of nitrogens with one attached hydrogen (secondary N) is 2. The Hall–Kier alpha value is -2.33. The average molecular weight is 311 g/mol. The minimum Gasteiger partial charge on any atom is -0.465 e. The van der Waals surface area contributed by atoms with Crippen LogP contribution in [0.5, 0.6) is 0 Å². The summed E-state index contributed by atoms with van der Waals surface area (Å²) in [5.74, 6) is -0.308. The van der Waals surface area contributed by atoms with Gasteiger partial charge in [-0.25, -0.2) is 17.9 Å². The van der Waals surface area contributed by atoms with Gasteiger partial charge in [-0.1, -0.05) is 5.21 Å². The minimum absolute atomic E-state index is 0.0190. The molecule has 10 heteroatoms. The van der Waals surface area contributed by atoms with Gasteiger partial charge < -0.3 is 4.74 Å². The Kier molecular flexibility index (Phi) is 4.29. The lowest BCUT2D eigenvalue weighted by atomic mass is 10.2. The van der Waals surface area contributed by atoms with Crippen molar-refractivity contribution in [1.29, 1.82) is 0 Å². The van der Waals surface area contributed by atoms with Crippen molar-refractivity contribution in [3.8, 4) is 0 Å². The molecule has 1 unspecified atom stereocenters. The van der Waals surface area contributed by atoms with E-state index in [1.54, 1.807) is 6.92 Å². The Labute approximate surface area is 120 Å². The lowest BCUT2D eigenvalue weighted by Crippen LogP contribution is -2.27. The van der Waals surface area contributed by atoms with Crippen molar-refractivity contribution < 1.29 is 17.9 Å². The van der Waals surface area contributed by atoms with Crippen molar-refractivity contribution in [2.24, 2.45) is 0 Å². The van der Waals surface area contributed by atoms with Crippen LogP contribution >= 0.6 is 0 Å². The van der Waals surface area contributed by atoms with Crippen molar-refractivity contribution in [1.82, 2.24) is 25.3 Å². The lowest BCUT2D eigenvalue weighted by Gasteiger charge is -2.11. The number of tetrazole rings is 1. The molecule has 1 aromatic heterocycles. The highest BCUT2D eigenvalue weighted by Crippen LogP contribution is 2.14. The summed E-state index contributed by atoms with van der Waals surface area (Å²) in [6.45, 7) is 1.59. The number of carbonyl (C=O) groups is 1. The quantitative estimate of drug-likeness (QED) is 0.745. The van der Waals surface area contributed by atoms with E-state index in [-0.39, 0.29) is 16.3 Å². The van der Waals surface area contributed by atoms with Gasteiger partial charge in [0.05, 0.1) is 23.6 Å². The van der Waals surface area contributed by atoms with E-state index in [0.717, 1.165) is 0 Å². The molecule has 21 heavy (non-hydrogen) atoms. The number of aromatic amines is 1. The first-order valence-corrected chi connectivity index (χ1v) is 7.36. The molecule has 2 rings (SSSR count). The van der Waals surface area contributed by atoms with Crippen molar-refractivity contribution in [2.45, 2.75) is 17.9 Å². The van der Waals surface area contributed by atoms with E-state index in [9.17, 15) is 13.2 Å². The molecule has 112 valence electrons. The van der Waals surface area contributed by atoms with Gasteiger partial charge in [0.25, 0.3) is 0 Å². The number of hydrogen-bond donors (Lipinski definition) is 2. The van der Waals surface area contributed by atoms with Crippen LogP contribution in [0.3, 0.4) is 0 Å². The second-order valence-corrected chi connectivity index (χ2v) is 5.84. The van der Waals surface area contributed by atoms with Crippen LogP contribution in [-0.2, 0) is 14.8 Å². The van der Waals surface area contributed by atoms with Crippen molar-refractivity contribution >= 4 is 16.0 Å². The molecule has 0 spiro atoms. The number of hydrogen-bond acceptors (Lipinski definition) is 7. The van der Waals surface area contributed by atoms with Crippen LogP contribution in [0.2, 0.25) is 0 Å². The third kappa shape index (κ3) is 3.41. The molecular formula is C11H13N5O4S. The highest BCUT2D eigenvalue weighted by Gasteiger charge is 2.21. The fraction of sp³-hybridized carbons (Fsp3) is 0.273. The van der Waals surface area contributed by atoms with Crippen molar-refractivity contribution in [3.05, 3.63) is 35.7 Å². The fourth-order valence-electron chi connectivity index (χ4n) is 1.59. The maximum absolute atomic E-state index is 12.2. The highest BCUT2D eigenvalue weighted by molar-refractivity contribution is 7.89. The first-order valence-electron chi connectivity index (χ1n) is 5.88. The number of methoxy groups -OCH3 is 1. The summed E-state index contributed by atoms with van der Waals surface area (Å²) in [5, 5.41) is 13.0. The summed E-state index contributed by atoms with van der Waals surface area (Å²) < 4.78 is 31.3. The molecule has 0 bridgehead atoms. The summed E-state index contributed by atoms with van der Waals surface area (Å²) in [7, 11) is -2.51. The zero-order valence-electron chi connectivity index (χ0n) is 11.3. The van der Waals surface area contributed by atoms with E-state index < -0.39 is 22.0 Å². The largest absolute Gasteiger partial charge is 0.465 e. The number of sulfonamides is 1. The van der Waals surface area contributed by atoms with Crippen LogP contribution in [0.4, 0.5) is 0 Å². The molecule has 9 nitrogen and oxygen atoms in total. The van der Waals surface area contributed by atoms with E-state index in [0.29, 0.717) is 0 Å². The maximum atomic E-state index is 12.2. The van der Waals surface area contributed by atoms with Gasteiger partial charge in [-0.3, -0.25) is 0 Å². The Bertz CT molecular complexity index is 712. The standard InChI is InChI=1S/C11H13N5O4S/c1-7(10-12-15-16-13-10)14-21(18,19)9-5-3-8(4-6-9)11(17)20-2/h3-7,14H,1-2H3,(H,12,13,15,16). The van der Waals surface area contributed by atoms with Crippen molar-refractivity contribution in [2.75, 3.05) is 7.11 Å². The molecule has 0 aliphatic rings. The lowest BCUT2D eigenvalue weighted by molar-refractivity contribution is 0.0600. The summed E-state index contributed by atoms with van der Waals surface area (Å²) >= 11 is 0. The van der Waals surface area contributed by atoms with Gasteiger partial charge in [-0.05, 0) is 31.2 Å². The molecule has 0 saturated carbocycles. The fourth-order valence-corrected chi connectivity index (χ4v) is 2.80. The molecule has 1 atom stereocenters. The number of aromatic nitrogens is 4. The van der Waals surface area contributed by atoms with Crippen LogP contribution in [0.25, 0.3) is 0 Å². The topological polar surface area (TPSA) is 127 Å². The van der Waals surface area contributed by atoms with E-state index in [2.05, 4.69) is 30.1 Å². The molecule has 2 aromatic rings. The molecular weight excluding hydrogens is 298 g/mol. The number of H-pyrrole nitrogens is 1. The second-order valence-electron chi connectivity index (χ2n) is 4.13. The molecule has 0 aliphatic heterocycles. The Morgan fingerprint density at radius 2 is 2.00 bits per heavy atom. The molecule has 1 aromatic carbocycles. The smallest absolute Gasteiger partial charge is 0.337 e. The zero-order chi connectivity index (χ0) is 15.5. The Morgan fingerprint density at radius 1 is 1.33 bits per heavy atom. The van der Waals surface area contributed by atoms with E-state index >= 15 is 0 Å². The normalized spacial score (nSPS) is 12.9. The van der Waals surface area contributed by atoms with Crippen LogP contribution in [-0.4, -0.2) is 42.1 Å². The number of esters is 1. The van der Waals surface area contributed by atoms with Gasteiger partial charge in [0, 0.05) is 0 Å². The SMILES string of the molecule is COC(=O)c1ccc(S(=O)(=O)NC(C)c2nn[nH]n2)cc1. The molecule has 0 amide bonds. The molecule has 0 aliphatic carbocycles. The maximum Gasteiger partial charge on any atom is 0.337 e. The second kappa shape index (κ2) is 5.97.